The molecule has 4 aromatic heterocycles. The van der Waals surface area contributed by atoms with Gasteiger partial charge in [-0.3, -0.25) is 9.36 Å². The Morgan fingerprint density at radius 3 is 2.61 bits per heavy atom. The predicted molar refractivity (Wildman–Crippen MR) is 135 cm³/mol. The lowest BCUT2D eigenvalue weighted by Crippen LogP contribution is -2.26. The molecule has 1 aliphatic rings. The van der Waals surface area contributed by atoms with Crippen LogP contribution in [-0.4, -0.2) is 70.1 Å². The van der Waals surface area contributed by atoms with E-state index in [0.29, 0.717) is 5.75 Å². The smallest absolute Gasteiger partial charge is 0.156 e. The summed E-state index contributed by atoms with van der Waals surface area (Å²) < 4.78 is 9.87. The summed E-state index contributed by atoms with van der Waals surface area (Å²) in [5, 5.41) is 32.6. The average molecular weight is 493 g/mol. The van der Waals surface area contributed by atoms with Gasteiger partial charge in [0.15, 0.2) is 5.75 Å². The maximum absolute atomic E-state index is 9.78. The van der Waals surface area contributed by atoms with Crippen LogP contribution < -0.4 is 10.1 Å². The molecule has 1 atom stereocenters. The van der Waals surface area contributed by atoms with Crippen LogP contribution in [0.1, 0.15) is 44.5 Å². The third-order valence-corrected chi connectivity index (χ3v) is 6.51. The van der Waals surface area contributed by atoms with Gasteiger partial charge in [0.25, 0.3) is 0 Å². The molecule has 11 heteroatoms. The number of aliphatic hydroxyl groups excluding tert-OH is 2. The first-order chi connectivity index (χ1) is 17.5. The topological polar surface area (TPSA) is 136 Å². The van der Waals surface area contributed by atoms with Crippen molar-refractivity contribution in [2.45, 2.75) is 64.3 Å². The number of aliphatic hydroxyl groups is 2. The zero-order valence-electron chi connectivity index (χ0n) is 20.6. The lowest BCUT2D eigenvalue weighted by Gasteiger charge is -2.29. The molecular formula is C25H32N8O3. The van der Waals surface area contributed by atoms with Crippen LogP contribution in [0.4, 0.5) is 5.82 Å². The maximum atomic E-state index is 9.78. The van der Waals surface area contributed by atoms with E-state index in [1.54, 1.807) is 23.3 Å². The zero-order valence-corrected chi connectivity index (χ0v) is 20.6. The van der Waals surface area contributed by atoms with Crippen molar-refractivity contribution in [3.8, 4) is 17.0 Å². The van der Waals surface area contributed by atoms with Crippen LogP contribution >= 0.6 is 0 Å². The summed E-state index contributed by atoms with van der Waals surface area (Å²) in [6.45, 7) is 4.59. The Morgan fingerprint density at radius 1 is 1.11 bits per heavy atom. The first-order valence-corrected chi connectivity index (χ1v) is 12.4. The van der Waals surface area contributed by atoms with Gasteiger partial charge in [0, 0.05) is 36.0 Å². The van der Waals surface area contributed by atoms with Gasteiger partial charge < -0.3 is 20.3 Å². The number of nitrogens with one attached hydrogen (secondary N) is 1. The highest BCUT2D eigenvalue weighted by Crippen LogP contribution is 2.36. The lowest BCUT2D eigenvalue weighted by atomic mass is 9.93. The number of fused-ring (bicyclic) bond motifs is 1. The second-order valence-electron chi connectivity index (χ2n) is 9.21. The van der Waals surface area contributed by atoms with Gasteiger partial charge in [-0.05, 0) is 39.5 Å². The number of nitrogens with zero attached hydrogens (tertiary/aromatic N) is 7. The van der Waals surface area contributed by atoms with Crippen LogP contribution in [0.15, 0.2) is 37.1 Å². The summed E-state index contributed by atoms with van der Waals surface area (Å²) in [4.78, 5) is 13.0. The fraction of sp³-hybridized carbons (Fsp3) is 0.480. The van der Waals surface area contributed by atoms with Gasteiger partial charge in [-0.25, -0.2) is 15.0 Å². The first-order valence-electron chi connectivity index (χ1n) is 12.4. The van der Waals surface area contributed by atoms with E-state index in [-0.39, 0.29) is 25.3 Å². The van der Waals surface area contributed by atoms with E-state index in [9.17, 15) is 5.11 Å². The summed E-state index contributed by atoms with van der Waals surface area (Å²) in [5.74, 6) is 2.25. The van der Waals surface area contributed by atoms with Crippen molar-refractivity contribution in [1.29, 1.82) is 0 Å². The van der Waals surface area contributed by atoms with Gasteiger partial charge in [0.1, 0.15) is 17.3 Å². The minimum atomic E-state index is -0.861. The maximum Gasteiger partial charge on any atom is 0.156 e. The quantitative estimate of drug-likeness (QED) is 0.322. The Morgan fingerprint density at radius 2 is 1.89 bits per heavy atom. The van der Waals surface area contributed by atoms with Crippen LogP contribution in [-0.2, 0) is 6.54 Å². The summed E-state index contributed by atoms with van der Waals surface area (Å²) in [7, 11) is 0. The fourth-order valence-electron chi connectivity index (χ4n) is 4.70. The lowest BCUT2D eigenvalue weighted by molar-refractivity contribution is 0.0783. The summed E-state index contributed by atoms with van der Waals surface area (Å²) in [6.07, 6.45) is 11.9. The number of hydrogen-bond acceptors (Lipinski definition) is 9. The van der Waals surface area contributed by atoms with E-state index in [2.05, 4.69) is 36.1 Å². The number of anilines is 1. The molecule has 0 spiro atoms. The SMILES string of the molecule is CCNc1cc2c(cn1)c(-c1cnn(C[C@@H](O)CO)c1)nn2[C@H]1CC[C@@H](Oc2cnc(C)nc2)CC1. The van der Waals surface area contributed by atoms with E-state index < -0.39 is 6.10 Å². The fourth-order valence-corrected chi connectivity index (χ4v) is 4.70. The zero-order chi connectivity index (χ0) is 25.1. The van der Waals surface area contributed by atoms with Gasteiger partial charge in [-0.15, -0.1) is 0 Å². The first kappa shape index (κ1) is 24.1. The normalized spacial score (nSPS) is 18.9. The van der Waals surface area contributed by atoms with E-state index in [0.717, 1.165) is 66.0 Å². The molecule has 0 unspecified atom stereocenters. The van der Waals surface area contributed by atoms with Crippen molar-refractivity contribution in [3.05, 3.63) is 42.9 Å². The third-order valence-electron chi connectivity index (χ3n) is 6.51. The highest BCUT2D eigenvalue weighted by atomic mass is 16.5. The molecule has 4 heterocycles. The van der Waals surface area contributed by atoms with Crippen molar-refractivity contribution >= 4 is 16.7 Å². The predicted octanol–water partition coefficient (Wildman–Crippen LogP) is 2.74. The molecule has 0 saturated heterocycles. The van der Waals surface area contributed by atoms with E-state index >= 15 is 0 Å². The molecular weight excluding hydrogens is 460 g/mol. The number of ether oxygens (including phenoxy) is 1. The average Bonchev–Trinajstić information content (AvgIpc) is 3.50. The Kier molecular flexibility index (Phi) is 7.10. The Bertz CT molecular complexity index is 1290. The van der Waals surface area contributed by atoms with Gasteiger partial charge in [0.05, 0.1) is 55.5 Å². The Balaban J connectivity index is 1.39. The summed E-state index contributed by atoms with van der Waals surface area (Å²) in [6, 6.07) is 2.29. The van der Waals surface area contributed by atoms with Crippen molar-refractivity contribution in [2.75, 3.05) is 18.5 Å². The molecule has 4 aromatic rings. The largest absolute Gasteiger partial charge is 0.487 e. The standard InChI is InChI=1S/C25H32N8O3/c1-3-26-24-8-23-22(12-29-24)25(17-9-30-32(13-17)14-19(35)15-34)31-33(23)18-4-6-20(7-5-18)36-21-10-27-16(2)28-11-21/h8-13,18-20,34-35H,3-7,14-15H2,1-2H3,(H,26,29)/t18-,19-,20+/m1/s1. The van der Waals surface area contributed by atoms with Gasteiger partial charge in [-0.2, -0.15) is 10.2 Å². The molecule has 1 saturated carbocycles. The van der Waals surface area contributed by atoms with Crippen LogP contribution in [0.2, 0.25) is 0 Å². The van der Waals surface area contributed by atoms with Crippen LogP contribution in [0.5, 0.6) is 5.75 Å². The van der Waals surface area contributed by atoms with Crippen LogP contribution in [0.3, 0.4) is 0 Å². The van der Waals surface area contributed by atoms with E-state index in [4.69, 9.17) is 14.9 Å². The van der Waals surface area contributed by atoms with E-state index in [1.165, 1.54) is 0 Å². The number of hydrogen-bond donors (Lipinski definition) is 3. The molecule has 0 amide bonds. The molecule has 1 fully saturated rings. The number of pyridine rings is 1. The summed E-state index contributed by atoms with van der Waals surface area (Å²) >= 11 is 0. The van der Waals surface area contributed by atoms with Crippen molar-refractivity contribution in [3.63, 3.8) is 0 Å². The third kappa shape index (κ3) is 5.17. The van der Waals surface area contributed by atoms with Gasteiger partial charge >= 0.3 is 0 Å². The minimum Gasteiger partial charge on any atom is -0.487 e. The monoisotopic (exact) mass is 492 g/mol. The van der Waals surface area contributed by atoms with Crippen molar-refractivity contribution in [2.24, 2.45) is 0 Å². The molecule has 3 N–H and O–H groups in total. The van der Waals surface area contributed by atoms with Gasteiger partial charge in [-0.1, -0.05) is 0 Å². The minimum absolute atomic E-state index is 0.129. The second kappa shape index (κ2) is 10.6. The Hall–Kier alpha value is -3.57. The van der Waals surface area contributed by atoms with Crippen molar-refractivity contribution in [1.82, 2.24) is 34.5 Å². The number of rotatable bonds is 9. The molecule has 0 radical (unpaired) electrons. The highest BCUT2D eigenvalue weighted by molar-refractivity contribution is 5.93. The van der Waals surface area contributed by atoms with Crippen LogP contribution in [0, 0.1) is 6.92 Å². The highest BCUT2D eigenvalue weighted by Gasteiger charge is 2.27. The number of aryl methyl sites for hydroxylation is 1. The van der Waals surface area contributed by atoms with Crippen LogP contribution in [0.25, 0.3) is 22.2 Å². The second-order valence-corrected chi connectivity index (χ2v) is 9.21. The molecule has 0 aromatic carbocycles. The Labute approximate surface area is 209 Å². The molecule has 0 bridgehead atoms. The van der Waals surface area contributed by atoms with E-state index in [1.807, 2.05) is 26.2 Å². The molecule has 190 valence electrons. The molecule has 36 heavy (non-hydrogen) atoms. The molecule has 11 nitrogen and oxygen atoms in total. The molecule has 1 aliphatic carbocycles. The molecule has 5 rings (SSSR count). The molecule has 0 aliphatic heterocycles. The summed E-state index contributed by atoms with van der Waals surface area (Å²) in [5.41, 5.74) is 2.68. The van der Waals surface area contributed by atoms with Gasteiger partial charge in [0.2, 0.25) is 0 Å². The number of aromatic nitrogens is 7. The van der Waals surface area contributed by atoms with Crippen molar-refractivity contribution < 1.29 is 14.9 Å².